The summed E-state index contributed by atoms with van der Waals surface area (Å²) < 4.78 is 0. The number of hydrogen-bond acceptors (Lipinski definition) is 3. The van der Waals surface area contributed by atoms with E-state index in [-0.39, 0.29) is 28.7 Å². The average molecular weight is 384 g/mol. The van der Waals surface area contributed by atoms with E-state index >= 15 is 0 Å². The molecule has 0 aromatic heterocycles. The quantitative estimate of drug-likeness (QED) is 0.565. The van der Waals surface area contributed by atoms with Gasteiger partial charge in [0.2, 0.25) is 11.8 Å². The third kappa shape index (κ3) is 10.1. The molecule has 0 radical (unpaired) electrons. The fourth-order valence-electron chi connectivity index (χ4n) is 3.91. The Morgan fingerprint density at radius 2 is 1.19 bits per heavy atom. The molecule has 4 N–H and O–H groups in total. The molecule has 0 fully saturated rings. The SMILES string of the molecule is CCC(C)(CC(C)(C)C)C(=O)NCC(N)CNC(=O)C(C)(C)CC(C)(C)C. The van der Waals surface area contributed by atoms with E-state index in [1.54, 1.807) is 0 Å². The number of nitrogens with two attached hydrogens (primary N) is 1. The lowest BCUT2D eigenvalue weighted by Crippen LogP contribution is -2.50. The molecule has 0 heterocycles. The van der Waals surface area contributed by atoms with Crippen LogP contribution in [0.5, 0.6) is 0 Å². The molecule has 2 amide bonds. The number of rotatable bonds is 9. The first kappa shape index (κ1) is 25.9. The van der Waals surface area contributed by atoms with Gasteiger partial charge in [-0.05, 0) is 30.1 Å². The summed E-state index contributed by atoms with van der Waals surface area (Å²) in [5, 5.41) is 5.93. The zero-order valence-corrected chi connectivity index (χ0v) is 19.5. The van der Waals surface area contributed by atoms with Crippen molar-refractivity contribution in [2.45, 2.75) is 94.5 Å². The Morgan fingerprint density at radius 1 is 0.778 bits per heavy atom. The molecule has 0 aliphatic rings. The van der Waals surface area contributed by atoms with E-state index in [1.165, 1.54) is 0 Å². The van der Waals surface area contributed by atoms with E-state index in [0.29, 0.717) is 13.1 Å². The summed E-state index contributed by atoms with van der Waals surface area (Å²) in [6.45, 7) is 21.5. The summed E-state index contributed by atoms with van der Waals surface area (Å²) in [6.07, 6.45) is 2.39. The maximum atomic E-state index is 12.7. The van der Waals surface area contributed by atoms with E-state index in [9.17, 15) is 9.59 Å². The van der Waals surface area contributed by atoms with Crippen LogP contribution < -0.4 is 16.4 Å². The zero-order chi connectivity index (χ0) is 21.7. The van der Waals surface area contributed by atoms with Gasteiger partial charge in [0.05, 0.1) is 0 Å². The average Bonchev–Trinajstić information content (AvgIpc) is 2.45. The van der Waals surface area contributed by atoms with Crippen molar-refractivity contribution in [3.63, 3.8) is 0 Å². The molecule has 0 spiro atoms. The van der Waals surface area contributed by atoms with Crippen molar-refractivity contribution in [1.82, 2.24) is 10.6 Å². The largest absolute Gasteiger partial charge is 0.354 e. The minimum Gasteiger partial charge on any atom is -0.354 e. The molecule has 0 saturated carbocycles. The first-order valence-corrected chi connectivity index (χ1v) is 10.2. The lowest BCUT2D eigenvalue weighted by Gasteiger charge is -2.34. The highest BCUT2D eigenvalue weighted by atomic mass is 16.2. The Balaban J connectivity index is 4.57. The first-order valence-electron chi connectivity index (χ1n) is 10.2. The molecule has 0 rings (SSSR count). The second-order valence-electron chi connectivity index (χ2n) is 11.5. The van der Waals surface area contributed by atoms with E-state index in [4.69, 9.17) is 5.73 Å². The maximum absolute atomic E-state index is 12.7. The lowest BCUT2D eigenvalue weighted by atomic mass is 9.73. The van der Waals surface area contributed by atoms with Crippen molar-refractivity contribution < 1.29 is 9.59 Å². The highest BCUT2D eigenvalue weighted by molar-refractivity contribution is 5.82. The molecule has 0 saturated heterocycles. The van der Waals surface area contributed by atoms with Crippen LogP contribution in [0.3, 0.4) is 0 Å². The minimum absolute atomic E-state index is 0.00494. The number of carbonyl (C=O) groups excluding carboxylic acids is 2. The van der Waals surface area contributed by atoms with Gasteiger partial charge in [0.25, 0.3) is 0 Å². The van der Waals surface area contributed by atoms with Crippen molar-refractivity contribution >= 4 is 11.8 Å². The molecule has 2 atom stereocenters. The fraction of sp³-hybridized carbons (Fsp3) is 0.909. The maximum Gasteiger partial charge on any atom is 0.226 e. The minimum atomic E-state index is -0.450. The van der Waals surface area contributed by atoms with Gasteiger partial charge in [-0.1, -0.05) is 69.2 Å². The Hall–Kier alpha value is -1.10. The van der Waals surface area contributed by atoms with Gasteiger partial charge in [0.1, 0.15) is 0 Å². The van der Waals surface area contributed by atoms with Gasteiger partial charge < -0.3 is 16.4 Å². The highest BCUT2D eigenvalue weighted by Gasteiger charge is 2.36. The third-order valence-corrected chi connectivity index (χ3v) is 4.89. The summed E-state index contributed by atoms with van der Waals surface area (Å²) >= 11 is 0. The van der Waals surface area contributed by atoms with Gasteiger partial charge in [-0.25, -0.2) is 0 Å². The number of hydrogen-bond donors (Lipinski definition) is 3. The van der Waals surface area contributed by atoms with Gasteiger partial charge >= 0.3 is 0 Å². The highest BCUT2D eigenvalue weighted by Crippen LogP contribution is 2.36. The van der Waals surface area contributed by atoms with Crippen molar-refractivity contribution in [2.75, 3.05) is 13.1 Å². The van der Waals surface area contributed by atoms with Gasteiger partial charge in [-0.2, -0.15) is 0 Å². The predicted molar refractivity (Wildman–Crippen MR) is 114 cm³/mol. The van der Waals surface area contributed by atoms with Gasteiger partial charge in [0, 0.05) is 30.0 Å². The molecule has 0 aromatic carbocycles. The molecule has 0 aromatic rings. The molecule has 5 nitrogen and oxygen atoms in total. The molecule has 5 heteroatoms. The summed E-state index contributed by atoms with van der Waals surface area (Å²) in [5.41, 5.74) is 5.42. The van der Waals surface area contributed by atoms with Crippen molar-refractivity contribution in [2.24, 2.45) is 27.4 Å². The second kappa shape index (κ2) is 9.40. The zero-order valence-electron chi connectivity index (χ0n) is 19.5. The third-order valence-electron chi connectivity index (χ3n) is 4.89. The van der Waals surface area contributed by atoms with Crippen LogP contribution in [0.25, 0.3) is 0 Å². The lowest BCUT2D eigenvalue weighted by molar-refractivity contribution is -0.132. The Labute approximate surface area is 167 Å². The van der Waals surface area contributed by atoms with Gasteiger partial charge in [0.15, 0.2) is 0 Å². The number of nitrogens with one attached hydrogen (secondary N) is 2. The van der Waals surface area contributed by atoms with Gasteiger partial charge in [-0.3, -0.25) is 9.59 Å². The molecular weight excluding hydrogens is 338 g/mol. The fourth-order valence-corrected chi connectivity index (χ4v) is 3.91. The standard InChI is InChI=1S/C22H45N3O2/c1-11-22(10,15-20(5,6)7)18(27)25-13-16(23)12-24-17(26)21(8,9)14-19(2,3)4/h16H,11-15,23H2,1-10H3,(H,24,26)(H,25,27). The summed E-state index contributed by atoms with van der Waals surface area (Å²) in [7, 11) is 0. The number of amides is 2. The molecule has 160 valence electrons. The van der Waals surface area contributed by atoms with Crippen LogP contribution in [-0.2, 0) is 9.59 Å². The van der Waals surface area contributed by atoms with Crippen molar-refractivity contribution in [3.05, 3.63) is 0 Å². The van der Waals surface area contributed by atoms with E-state index in [1.807, 2.05) is 27.7 Å². The van der Waals surface area contributed by atoms with Crippen LogP contribution in [0.2, 0.25) is 0 Å². The first-order chi connectivity index (χ1) is 11.9. The van der Waals surface area contributed by atoms with Crippen molar-refractivity contribution in [1.29, 1.82) is 0 Å². The molecule has 0 bridgehead atoms. The van der Waals surface area contributed by atoms with Crippen molar-refractivity contribution in [3.8, 4) is 0 Å². The Morgan fingerprint density at radius 3 is 1.56 bits per heavy atom. The molecule has 27 heavy (non-hydrogen) atoms. The van der Waals surface area contributed by atoms with Crippen LogP contribution in [0, 0.1) is 21.7 Å². The van der Waals surface area contributed by atoms with E-state index < -0.39 is 10.8 Å². The summed E-state index contributed by atoms with van der Waals surface area (Å²) in [4.78, 5) is 25.2. The summed E-state index contributed by atoms with van der Waals surface area (Å²) in [5.74, 6) is 0.0418. The van der Waals surface area contributed by atoms with Crippen LogP contribution in [-0.4, -0.2) is 30.9 Å². The van der Waals surface area contributed by atoms with Crippen LogP contribution in [0.1, 0.15) is 88.5 Å². The molecule has 0 aliphatic heterocycles. The summed E-state index contributed by atoms with van der Waals surface area (Å²) in [6, 6.07) is -0.306. The van der Waals surface area contributed by atoms with Crippen LogP contribution >= 0.6 is 0 Å². The Kier molecular flexibility index (Phi) is 9.02. The van der Waals surface area contributed by atoms with Gasteiger partial charge in [-0.15, -0.1) is 0 Å². The molecule has 0 aliphatic carbocycles. The monoisotopic (exact) mass is 383 g/mol. The molecule has 2 unspecified atom stereocenters. The van der Waals surface area contributed by atoms with Crippen LogP contribution in [0.4, 0.5) is 0 Å². The second-order valence-corrected chi connectivity index (χ2v) is 11.5. The predicted octanol–water partition coefficient (Wildman–Crippen LogP) is 3.86. The van der Waals surface area contributed by atoms with E-state index in [2.05, 4.69) is 52.2 Å². The normalized spacial score (nSPS) is 16.4. The van der Waals surface area contributed by atoms with E-state index in [0.717, 1.165) is 19.3 Å². The number of carbonyl (C=O) groups is 2. The van der Waals surface area contributed by atoms with Crippen LogP contribution in [0.15, 0.2) is 0 Å². The topological polar surface area (TPSA) is 84.2 Å². The molecular formula is C22H45N3O2. The smallest absolute Gasteiger partial charge is 0.226 e. The Bertz CT molecular complexity index is 501.